The van der Waals surface area contributed by atoms with Gasteiger partial charge in [0.1, 0.15) is 6.20 Å². The SMILES string of the molecule is CNc1[c]nccc1COC. The summed E-state index contributed by atoms with van der Waals surface area (Å²) in [6.07, 6.45) is 4.53. The lowest BCUT2D eigenvalue weighted by molar-refractivity contribution is 0.185. The van der Waals surface area contributed by atoms with Gasteiger partial charge in [0.2, 0.25) is 0 Å². The molecule has 0 bridgehead atoms. The second kappa shape index (κ2) is 3.93. The number of anilines is 1. The Labute approximate surface area is 66.4 Å². The van der Waals surface area contributed by atoms with E-state index in [1.54, 1.807) is 13.3 Å². The molecule has 0 aliphatic heterocycles. The van der Waals surface area contributed by atoms with Crippen molar-refractivity contribution in [2.24, 2.45) is 0 Å². The molecule has 0 saturated carbocycles. The number of pyridine rings is 1. The molecule has 0 aliphatic rings. The van der Waals surface area contributed by atoms with Gasteiger partial charge in [-0.1, -0.05) is 0 Å². The first-order chi connectivity index (χ1) is 5.38. The third kappa shape index (κ3) is 1.91. The largest absolute Gasteiger partial charge is 0.386 e. The normalized spacial score (nSPS) is 9.64. The first-order valence-corrected chi connectivity index (χ1v) is 3.40. The molecule has 1 heterocycles. The van der Waals surface area contributed by atoms with Crippen LogP contribution in [0.15, 0.2) is 12.3 Å². The van der Waals surface area contributed by atoms with E-state index in [9.17, 15) is 0 Å². The number of ether oxygens (including phenoxy) is 1. The molecule has 1 aromatic heterocycles. The van der Waals surface area contributed by atoms with Gasteiger partial charge in [-0.05, 0) is 6.07 Å². The highest BCUT2D eigenvalue weighted by Gasteiger charge is 1.98. The van der Waals surface area contributed by atoms with Gasteiger partial charge in [-0.3, -0.25) is 4.98 Å². The fraction of sp³-hybridized carbons (Fsp3) is 0.375. The van der Waals surface area contributed by atoms with Gasteiger partial charge >= 0.3 is 0 Å². The van der Waals surface area contributed by atoms with Crippen LogP contribution in [0.5, 0.6) is 0 Å². The lowest BCUT2D eigenvalue weighted by atomic mass is 10.2. The summed E-state index contributed by atoms with van der Waals surface area (Å²) in [4.78, 5) is 3.86. The van der Waals surface area contributed by atoms with Gasteiger partial charge in [0.05, 0.1) is 12.3 Å². The number of nitrogens with one attached hydrogen (secondary N) is 1. The van der Waals surface area contributed by atoms with Crippen molar-refractivity contribution in [3.8, 4) is 0 Å². The number of hydrogen-bond donors (Lipinski definition) is 1. The molecule has 0 saturated heterocycles. The number of rotatable bonds is 3. The average molecular weight is 151 g/mol. The summed E-state index contributed by atoms with van der Waals surface area (Å²) < 4.78 is 4.98. The molecule has 0 aromatic carbocycles. The van der Waals surface area contributed by atoms with Gasteiger partial charge in [0, 0.05) is 25.9 Å². The molecule has 0 amide bonds. The van der Waals surface area contributed by atoms with Gasteiger partial charge < -0.3 is 10.1 Å². The monoisotopic (exact) mass is 151 g/mol. The molecule has 11 heavy (non-hydrogen) atoms. The molecule has 1 radical (unpaired) electrons. The van der Waals surface area contributed by atoms with Gasteiger partial charge in [-0.2, -0.15) is 0 Å². The molecule has 0 unspecified atom stereocenters. The minimum atomic E-state index is 0.592. The first-order valence-electron chi connectivity index (χ1n) is 3.40. The van der Waals surface area contributed by atoms with Crippen LogP contribution in [0.1, 0.15) is 5.56 Å². The lowest BCUT2D eigenvalue weighted by Crippen LogP contribution is -1.97. The van der Waals surface area contributed by atoms with Crippen molar-refractivity contribution in [3.05, 3.63) is 24.0 Å². The van der Waals surface area contributed by atoms with Crippen molar-refractivity contribution in [2.75, 3.05) is 19.5 Å². The van der Waals surface area contributed by atoms with Crippen LogP contribution in [-0.4, -0.2) is 19.1 Å². The topological polar surface area (TPSA) is 34.2 Å². The zero-order valence-corrected chi connectivity index (χ0v) is 6.72. The van der Waals surface area contributed by atoms with E-state index in [0.29, 0.717) is 6.61 Å². The Hall–Kier alpha value is -1.09. The molecule has 1 aromatic rings. The van der Waals surface area contributed by atoms with Crippen LogP contribution in [-0.2, 0) is 11.3 Å². The quantitative estimate of drug-likeness (QED) is 0.701. The van der Waals surface area contributed by atoms with E-state index in [1.807, 2.05) is 13.1 Å². The Morgan fingerprint density at radius 1 is 1.73 bits per heavy atom. The van der Waals surface area contributed by atoms with Crippen molar-refractivity contribution in [1.29, 1.82) is 0 Å². The molecule has 0 aliphatic carbocycles. The minimum Gasteiger partial charge on any atom is -0.386 e. The van der Waals surface area contributed by atoms with Crippen molar-refractivity contribution in [3.63, 3.8) is 0 Å². The summed E-state index contributed by atoms with van der Waals surface area (Å²) in [6, 6.07) is 1.91. The van der Waals surface area contributed by atoms with Crippen LogP contribution in [0.2, 0.25) is 0 Å². The smallest absolute Gasteiger partial charge is 0.114 e. The standard InChI is InChI=1S/C8H11N2O/c1-9-8-5-10-4-3-7(8)6-11-2/h3-4,9H,6H2,1-2H3. The van der Waals surface area contributed by atoms with Crippen molar-refractivity contribution < 1.29 is 4.74 Å². The molecule has 3 heteroatoms. The van der Waals surface area contributed by atoms with Crippen molar-refractivity contribution in [2.45, 2.75) is 6.61 Å². The van der Waals surface area contributed by atoms with E-state index in [0.717, 1.165) is 11.3 Å². The van der Waals surface area contributed by atoms with Gasteiger partial charge in [-0.25, -0.2) is 0 Å². The molecular weight excluding hydrogens is 140 g/mol. The summed E-state index contributed by atoms with van der Waals surface area (Å²) in [6.45, 7) is 0.592. The summed E-state index contributed by atoms with van der Waals surface area (Å²) in [7, 11) is 3.51. The molecule has 59 valence electrons. The van der Waals surface area contributed by atoms with Crippen LogP contribution in [0, 0.1) is 6.20 Å². The first kappa shape index (κ1) is 8.01. The molecule has 1 N–H and O–H groups in total. The maximum atomic E-state index is 4.98. The average Bonchev–Trinajstić information content (AvgIpc) is 2.06. The van der Waals surface area contributed by atoms with Gasteiger partial charge in [-0.15, -0.1) is 0 Å². The van der Waals surface area contributed by atoms with Gasteiger partial charge in [0.25, 0.3) is 0 Å². The fourth-order valence-electron chi connectivity index (χ4n) is 0.876. The van der Waals surface area contributed by atoms with E-state index in [-0.39, 0.29) is 0 Å². The predicted molar refractivity (Wildman–Crippen MR) is 43.3 cm³/mol. The van der Waals surface area contributed by atoms with Crippen LogP contribution in [0.4, 0.5) is 5.69 Å². The van der Waals surface area contributed by atoms with E-state index in [2.05, 4.69) is 16.5 Å². The van der Waals surface area contributed by atoms with Crippen molar-refractivity contribution >= 4 is 5.69 Å². The Morgan fingerprint density at radius 3 is 3.18 bits per heavy atom. The Balaban J connectivity index is 2.83. The minimum absolute atomic E-state index is 0.592. The second-order valence-corrected chi connectivity index (χ2v) is 2.14. The van der Waals surface area contributed by atoms with Crippen LogP contribution in [0.3, 0.4) is 0 Å². The third-order valence-electron chi connectivity index (χ3n) is 1.40. The number of hydrogen-bond acceptors (Lipinski definition) is 3. The van der Waals surface area contributed by atoms with Crippen molar-refractivity contribution in [1.82, 2.24) is 4.98 Å². The zero-order chi connectivity index (χ0) is 8.10. The predicted octanol–water partition coefficient (Wildman–Crippen LogP) is 1.07. The summed E-state index contributed by atoms with van der Waals surface area (Å²) >= 11 is 0. The van der Waals surface area contributed by atoms with Crippen LogP contribution < -0.4 is 5.32 Å². The molecule has 3 nitrogen and oxygen atoms in total. The van der Waals surface area contributed by atoms with E-state index >= 15 is 0 Å². The highest BCUT2D eigenvalue weighted by atomic mass is 16.5. The Bertz CT molecular complexity index is 225. The highest BCUT2D eigenvalue weighted by molar-refractivity contribution is 5.46. The summed E-state index contributed by atoms with van der Waals surface area (Å²) in [5.41, 5.74) is 1.97. The number of nitrogens with zero attached hydrogens (tertiary/aromatic N) is 1. The fourth-order valence-corrected chi connectivity index (χ4v) is 0.876. The van der Waals surface area contributed by atoms with E-state index < -0.39 is 0 Å². The molecule has 0 atom stereocenters. The Morgan fingerprint density at radius 2 is 2.55 bits per heavy atom. The zero-order valence-electron chi connectivity index (χ0n) is 6.72. The molecular formula is C8H11N2O. The summed E-state index contributed by atoms with van der Waals surface area (Å²) in [5, 5.41) is 2.98. The molecule has 0 spiro atoms. The van der Waals surface area contributed by atoms with Gasteiger partial charge in [0.15, 0.2) is 0 Å². The maximum absolute atomic E-state index is 4.98. The highest BCUT2D eigenvalue weighted by Crippen LogP contribution is 2.11. The summed E-state index contributed by atoms with van der Waals surface area (Å²) in [5.74, 6) is 0. The lowest BCUT2D eigenvalue weighted by Gasteiger charge is -2.05. The maximum Gasteiger partial charge on any atom is 0.114 e. The Kier molecular flexibility index (Phi) is 2.86. The molecule has 0 fully saturated rings. The van der Waals surface area contributed by atoms with E-state index in [4.69, 9.17) is 4.74 Å². The number of aromatic nitrogens is 1. The third-order valence-corrected chi connectivity index (χ3v) is 1.40. The number of methoxy groups -OCH3 is 1. The van der Waals surface area contributed by atoms with E-state index in [1.165, 1.54) is 0 Å². The van der Waals surface area contributed by atoms with Crippen LogP contribution in [0.25, 0.3) is 0 Å². The molecule has 1 rings (SSSR count). The van der Waals surface area contributed by atoms with Crippen LogP contribution >= 0.6 is 0 Å². The second-order valence-electron chi connectivity index (χ2n) is 2.14.